The standard InChI is InChI=1S/C18H21N4O14P3/c1-9-20-15-12(16(23)21-9)19-8-22(15)17-14-13(33-18(34-14)10-5-3-2-4-6-10)11(32-17)7-31-38(27,28)36-39(29,30)35-37(24,25)26/h2-6,8,11,13-14,17-18H,7H2,1H3,(H,27,28)(H,29,30)(H,20,21,23)(H2,24,25,26)/t11-,13?,14+,17-,18?/m1/s1. The molecule has 2 aliphatic rings. The number of phosphoric ester groups is 1. The fourth-order valence-electron chi connectivity index (χ4n) is 4.15. The van der Waals surface area contributed by atoms with Gasteiger partial charge in [-0.1, -0.05) is 30.3 Å². The zero-order valence-electron chi connectivity index (χ0n) is 19.6. The highest BCUT2D eigenvalue weighted by atomic mass is 31.3. The lowest BCUT2D eigenvalue weighted by molar-refractivity contribution is -0.152. The van der Waals surface area contributed by atoms with E-state index in [0.29, 0.717) is 11.4 Å². The number of phosphoric acid groups is 3. The van der Waals surface area contributed by atoms with E-state index < -0.39 is 66.5 Å². The number of nitrogens with one attached hydrogen (secondary N) is 1. The van der Waals surface area contributed by atoms with Crippen LogP contribution in [0.3, 0.4) is 0 Å². The molecule has 0 aliphatic carbocycles. The molecule has 4 unspecified atom stereocenters. The summed E-state index contributed by atoms with van der Waals surface area (Å²) in [4.78, 5) is 59.9. The van der Waals surface area contributed by atoms with Crippen molar-refractivity contribution in [2.45, 2.75) is 37.8 Å². The monoisotopic (exact) mass is 610 g/mol. The molecule has 5 rings (SSSR count). The highest BCUT2D eigenvalue weighted by molar-refractivity contribution is 7.66. The van der Waals surface area contributed by atoms with Gasteiger partial charge in [0.2, 0.25) is 0 Å². The first kappa shape index (κ1) is 28.4. The summed E-state index contributed by atoms with van der Waals surface area (Å²) in [5.41, 5.74) is 0.357. The maximum Gasteiger partial charge on any atom is 0.490 e. The van der Waals surface area contributed by atoms with Crippen molar-refractivity contribution in [1.82, 2.24) is 19.5 Å². The zero-order chi connectivity index (χ0) is 28.2. The van der Waals surface area contributed by atoms with E-state index in [0.717, 1.165) is 0 Å². The lowest BCUT2D eigenvalue weighted by Crippen LogP contribution is -2.31. The van der Waals surface area contributed by atoms with E-state index in [2.05, 4.69) is 23.6 Å². The molecule has 0 saturated carbocycles. The Hall–Kier alpha value is -2.14. The maximum absolute atomic E-state index is 12.3. The van der Waals surface area contributed by atoms with Gasteiger partial charge in [0.25, 0.3) is 5.56 Å². The van der Waals surface area contributed by atoms with E-state index in [-0.39, 0.29) is 11.2 Å². The van der Waals surface area contributed by atoms with Crippen molar-refractivity contribution in [2.75, 3.05) is 6.61 Å². The van der Waals surface area contributed by atoms with Crippen LogP contribution in [-0.4, -0.2) is 64.0 Å². The van der Waals surface area contributed by atoms with E-state index in [1.807, 2.05) is 0 Å². The van der Waals surface area contributed by atoms with Crippen LogP contribution in [0.15, 0.2) is 41.5 Å². The Bertz CT molecular complexity index is 1570. The topological polar surface area (TPSA) is 251 Å². The van der Waals surface area contributed by atoms with Gasteiger partial charge in [0, 0.05) is 5.56 Å². The maximum atomic E-state index is 12.3. The minimum atomic E-state index is -5.71. The summed E-state index contributed by atoms with van der Waals surface area (Å²) in [6, 6.07) is 8.82. The molecule has 2 aromatic heterocycles. The number of ether oxygens (including phenoxy) is 3. The molecule has 1 aromatic carbocycles. The van der Waals surface area contributed by atoms with Crippen molar-refractivity contribution in [3.05, 3.63) is 58.4 Å². The Morgan fingerprint density at radius 1 is 1.00 bits per heavy atom. The van der Waals surface area contributed by atoms with Gasteiger partial charge in [-0.15, -0.1) is 0 Å². The SMILES string of the molecule is Cc1nc2c(ncn2[C@@H]2O[C@H](COP(=O)(O)OP(=O)(O)OP(=O)(O)O)C3OC(c4ccccc4)O[C@@H]32)c(=O)[nH]1. The third kappa shape index (κ3) is 6.29. The molecule has 4 heterocycles. The largest absolute Gasteiger partial charge is 0.490 e. The number of aromatic amines is 1. The molecule has 2 saturated heterocycles. The number of rotatable bonds is 9. The number of nitrogens with zero attached hydrogens (tertiary/aromatic N) is 3. The first-order valence-electron chi connectivity index (χ1n) is 10.9. The van der Waals surface area contributed by atoms with Crippen LogP contribution < -0.4 is 5.56 Å². The average Bonchev–Trinajstić information content (AvgIpc) is 3.50. The van der Waals surface area contributed by atoms with Crippen LogP contribution in [0.1, 0.15) is 23.9 Å². The van der Waals surface area contributed by atoms with Gasteiger partial charge in [-0.3, -0.25) is 13.9 Å². The summed E-state index contributed by atoms with van der Waals surface area (Å²) in [5.74, 6) is 0.304. The number of hydrogen-bond donors (Lipinski definition) is 5. The molecular weight excluding hydrogens is 589 g/mol. The first-order valence-corrected chi connectivity index (χ1v) is 15.5. The first-order chi connectivity index (χ1) is 18.2. The fourth-order valence-corrected chi connectivity index (χ4v) is 7.18. The summed E-state index contributed by atoms with van der Waals surface area (Å²) in [5, 5.41) is 0. The van der Waals surface area contributed by atoms with Gasteiger partial charge in [0.1, 0.15) is 24.1 Å². The van der Waals surface area contributed by atoms with Crippen LogP contribution >= 0.6 is 23.5 Å². The second-order valence-electron chi connectivity index (χ2n) is 8.37. The van der Waals surface area contributed by atoms with Crippen molar-refractivity contribution in [2.24, 2.45) is 0 Å². The summed E-state index contributed by atoms with van der Waals surface area (Å²) >= 11 is 0. The van der Waals surface area contributed by atoms with E-state index in [1.54, 1.807) is 37.3 Å². The lowest BCUT2D eigenvalue weighted by atomic mass is 10.1. The smallest absolute Gasteiger partial charge is 0.347 e. The normalized spacial score (nSPS) is 28.3. The summed E-state index contributed by atoms with van der Waals surface area (Å²) in [6.07, 6.45) is -3.56. The lowest BCUT2D eigenvalue weighted by Gasteiger charge is -2.22. The number of H-pyrrole nitrogens is 1. The van der Waals surface area contributed by atoms with Crippen molar-refractivity contribution < 1.29 is 60.6 Å². The molecule has 0 bridgehead atoms. The van der Waals surface area contributed by atoms with Gasteiger partial charge < -0.3 is 38.8 Å². The van der Waals surface area contributed by atoms with Crippen molar-refractivity contribution in [3.63, 3.8) is 0 Å². The van der Waals surface area contributed by atoms with E-state index in [9.17, 15) is 28.3 Å². The Balaban J connectivity index is 1.40. The van der Waals surface area contributed by atoms with E-state index in [1.165, 1.54) is 10.9 Å². The van der Waals surface area contributed by atoms with Crippen LogP contribution in [0.2, 0.25) is 0 Å². The van der Waals surface area contributed by atoms with Crippen molar-refractivity contribution in [1.29, 1.82) is 0 Å². The molecule has 0 amide bonds. The van der Waals surface area contributed by atoms with E-state index >= 15 is 0 Å². The highest BCUT2D eigenvalue weighted by Gasteiger charge is 2.55. The third-order valence-electron chi connectivity index (χ3n) is 5.56. The van der Waals surface area contributed by atoms with Crippen molar-refractivity contribution in [3.8, 4) is 0 Å². The second-order valence-corrected chi connectivity index (χ2v) is 12.8. The molecule has 5 N–H and O–H groups in total. The van der Waals surface area contributed by atoms with Crippen molar-refractivity contribution >= 4 is 34.6 Å². The molecule has 7 atom stereocenters. The number of aromatic nitrogens is 4. The quantitative estimate of drug-likeness (QED) is 0.213. The minimum Gasteiger partial charge on any atom is -0.347 e. The summed E-state index contributed by atoms with van der Waals surface area (Å²) in [7, 11) is -16.7. The molecule has 18 nitrogen and oxygen atoms in total. The van der Waals surface area contributed by atoms with Crippen LogP contribution in [-0.2, 0) is 41.1 Å². The molecule has 0 radical (unpaired) electrons. The molecule has 2 aliphatic heterocycles. The molecule has 2 fully saturated rings. The molecule has 212 valence electrons. The molecule has 21 heteroatoms. The number of imidazole rings is 1. The van der Waals surface area contributed by atoms with Gasteiger partial charge in [-0.2, -0.15) is 8.62 Å². The van der Waals surface area contributed by atoms with Gasteiger partial charge in [0.15, 0.2) is 23.7 Å². The Morgan fingerprint density at radius 3 is 2.38 bits per heavy atom. The number of aryl methyl sites for hydroxylation is 1. The van der Waals surface area contributed by atoms with Crippen LogP contribution in [0.4, 0.5) is 0 Å². The Morgan fingerprint density at radius 2 is 1.69 bits per heavy atom. The number of hydrogen-bond acceptors (Lipinski definition) is 12. The minimum absolute atomic E-state index is 0.0241. The molecule has 39 heavy (non-hydrogen) atoms. The van der Waals surface area contributed by atoms with Gasteiger partial charge in [0.05, 0.1) is 12.9 Å². The van der Waals surface area contributed by atoms with Crippen LogP contribution in [0, 0.1) is 6.92 Å². The molecule has 0 spiro atoms. The zero-order valence-corrected chi connectivity index (χ0v) is 22.3. The summed E-state index contributed by atoms with van der Waals surface area (Å²) in [6.45, 7) is 0.800. The van der Waals surface area contributed by atoms with Crippen LogP contribution in [0.5, 0.6) is 0 Å². The fraction of sp³-hybridized carbons (Fsp3) is 0.389. The number of fused-ring (bicyclic) bond motifs is 2. The third-order valence-corrected chi connectivity index (χ3v) is 9.36. The predicted molar refractivity (Wildman–Crippen MR) is 126 cm³/mol. The predicted octanol–water partition coefficient (Wildman–Crippen LogP) is 1.15. The average molecular weight is 610 g/mol. The molecular formula is C18H21N4O14P3. The van der Waals surface area contributed by atoms with Gasteiger partial charge >= 0.3 is 23.5 Å². The Labute approximate surface area is 217 Å². The van der Waals surface area contributed by atoms with Gasteiger partial charge in [-0.05, 0) is 6.92 Å². The van der Waals surface area contributed by atoms with Crippen LogP contribution in [0.25, 0.3) is 11.2 Å². The highest BCUT2D eigenvalue weighted by Crippen LogP contribution is 2.66. The molecule has 3 aromatic rings. The Kier molecular flexibility index (Phi) is 7.54. The number of benzene rings is 1. The second kappa shape index (κ2) is 10.4. The summed E-state index contributed by atoms with van der Waals surface area (Å²) < 4.78 is 66.5. The van der Waals surface area contributed by atoms with E-state index in [4.69, 9.17) is 28.5 Å². The van der Waals surface area contributed by atoms with Gasteiger partial charge in [-0.25, -0.2) is 23.7 Å².